The number of aromatic nitrogens is 4. The Morgan fingerprint density at radius 2 is 1.06 bits per heavy atom. The number of fused-ring (bicyclic) bond motifs is 10. The number of hydrogen-bond acceptors (Lipinski definition) is 5. The third-order valence-electron chi connectivity index (χ3n) is 9.84. The maximum atomic E-state index is 6.64. The zero-order chi connectivity index (χ0) is 33.5. The summed E-state index contributed by atoms with van der Waals surface area (Å²) in [6.07, 6.45) is 0. The van der Waals surface area contributed by atoms with Crippen LogP contribution in [0.4, 0.5) is 0 Å². The van der Waals surface area contributed by atoms with E-state index in [1.54, 1.807) is 11.3 Å². The maximum Gasteiger partial charge on any atom is 0.164 e. The average molecular weight is 671 g/mol. The predicted octanol–water partition coefficient (Wildman–Crippen LogP) is 12.2. The van der Waals surface area contributed by atoms with Gasteiger partial charge in [-0.2, -0.15) is 0 Å². The van der Waals surface area contributed by atoms with Gasteiger partial charge in [0.25, 0.3) is 0 Å². The van der Waals surface area contributed by atoms with Crippen LogP contribution >= 0.6 is 11.3 Å². The maximum absolute atomic E-state index is 6.64. The highest BCUT2D eigenvalue weighted by Gasteiger charge is 2.20. The molecule has 11 rings (SSSR count). The van der Waals surface area contributed by atoms with Gasteiger partial charge < -0.3 is 8.98 Å². The van der Waals surface area contributed by atoms with Crippen molar-refractivity contribution < 1.29 is 4.42 Å². The molecule has 238 valence electrons. The number of nitrogens with zero attached hydrogens (tertiary/aromatic N) is 4. The Balaban J connectivity index is 1.13. The molecule has 11 aromatic rings. The van der Waals surface area contributed by atoms with E-state index in [0.717, 1.165) is 55.3 Å². The van der Waals surface area contributed by atoms with Crippen molar-refractivity contribution in [1.82, 2.24) is 19.5 Å². The molecular formula is C45H26N4OS. The first kappa shape index (κ1) is 28.2. The summed E-state index contributed by atoms with van der Waals surface area (Å²) in [5, 5.41) is 6.99. The molecule has 4 aromatic heterocycles. The summed E-state index contributed by atoms with van der Waals surface area (Å²) in [6, 6.07) is 54.9. The second-order valence-corrected chi connectivity index (χ2v) is 13.9. The Morgan fingerprint density at radius 3 is 1.88 bits per heavy atom. The Labute approximate surface area is 295 Å². The second kappa shape index (κ2) is 10.9. The molecule has 0 saturated carbocycles. The van der Waals surface area contributed by atoms with Crippen molar-refractivity contribution in [2.75, 3.05) is 0 Å². The lowest BCUT2D eigenvalue weighted by molar-refractivity contribution is 0.669. The van der Waals surface area contributed by atoms with Gasteiger partial charge in [-0.1, -0.05) is 91.0 Å². The van der Waals surface area contributed by atoms with Gasteiger partial charge in [0.15, 0.2) is 17.5 Å². The molecule has 51 heavy (non-hydrogen) atoms. The van der Waals surface area contributed by atoms with Crippen LogP contribution in [0.2, 0.25) is 0 Å². The summed E-state index contributed by atoms with van der Waals surface area (Å²) >= 11 is 1.80. The smallest absolute Gasteiger partial charge is 0.164 e. The fourth-order valence-corrected chi connectivity index (χ4v) is 8.60. The number of benzene rings is 7. The third-order valence-corrected chi connectivity index (χ3v) is 11.0. The third kappa shape index (κ3) is 4.37. The molecule has 6 heteroatoms. The lowest BCUT2D eigenvalue weighted by atomic mass is 10.1. The van der Waals surface area contributed by atoms with E-state index in [1.807, 2.05) is 30.3 Å². The van der Waals surface area contributed by atoms with Gasteiger partial charge in [0.1, 0.15) is 11.2 Å². The van der Waals surface area contributed by atoms with Gasteiger partial charge in [0, 0.05) is 58.7 Å². The lowest BCUT2D eigenvalue weighted by Crippen LogP contribution is -2.00. The molecular weight excluding hydrogens is 645 g/mol. The summed E-state index contributed by atoms with van der Waals surface area (Å²) in [5.74, 6) is 1.86. The van der Waals surface area contributed by atoms with Gasteiger partial charge in [0.05, 0.1) is 16.4 Å². The summed E-state index contributed by atoms with van der Waals surface area (Å²) in [6.45, 7) is 0. The first-order valence-electron chi connectivity index (χ1n) is 16.9. The van der Waals surface area contributed by atoms with Gasteiger partial charge in [0.2, 0.25) is 0 Å². The van der Waals surface area contributed by atoms with E-state index < -0.39 is 0 Å². The van der Waals surface area contributed by atoms with E-state index >= 15 is 0 Å². The van der Waals surface area contributed by atoms with Crippen LogP contribution in [0.3, 0.4) is 0 Å². The number of thiophene rings is 1. The number of furan rings is 1. The standard InChI is InChI=1S/C45H26N4OS/c1-3-11-27(12-4-1)43-46-44(28-20-24-40-35(25-28)32-16-8-10-18-39(32)51-40)48-45(47-43)29-19-21-34-38(26-29)50-37-23-22-33-31-15-7-9-17-36(31)49(42(33)41(34)37)30-13-5-2-6-14-30/h1-26H. The highest BCUT2D eigenvalue weighted by molar-refractivity contribution is 7.25. The van der Waals surface area contributed by atoms with Crippen LogP contribution in [0.5, 0.6) is 0 Å². The molecule has 0 unspecified atom stereocenters. The van der Waals surface area contributed by atoms with Crippen LogP contribution in [0.15, 0.2) is 162 Å². The molecule has 0 saturated heterocycles. The first-order valence-corrected chi connectivity index (χ1v) is 17.8. The number of para-hydroxylation sites is 2. The van der Waals surface area contributed by atoms with Crippen LogP contribution in [0, 0.1) is 0 Å². The first-order chi connectivity index (χ1) is 25.3. The summed E-state index contributed by atoms with van der Waals surface area (Å²) in [7, 11) is 0. The molecule has 0 spiro atoms. The van der Waals surface area contributed by atoms with Gasteiger partial charge in [-0.15, -0.1) is 11.3 Å². The molecule has 0 N–H and O–H groups in total. The van der Waals surface area contributed by atoms with Crippen LogP contribution in [-0.2, 0) is 0 Å². The van der Waals surface area contributed by atoms with E-state index in [9.17, 15) is 0 Å². The van der Waals surface area contributed by atoms with Crippen molar-refractivity contribution >= 4 is 75.3 Å². The Kier molecular flexibility index (Phi) is 6.05. The van der Waals surface area contributed by atoms with Crippen molar-refractivity contribution in [1.29, 1.82) is 0 Å². The van der Waals surface area contributed by atoms with Crippen LogP contribution in [0.1, 0.15) is 0 Å². The molecule has 0 amide bonds. The lowest BCUT2D eigenvalue weighted by Gasteiger charge is -2.09. The van der Waals surface area contributed by atoms with E-state index in [2.05, 4.69) is 132 Å². The normalized spacial score (nSPS) is 11.9. The topological polar surface area (TPSA) is 56.7 Å². The average Bonchev–Trinajstić information content (AvgIpc) is 3.87. The molecule has 7 aromatic carbocycles. The molecule has 0 radical (unpaired) electrons. The highest BCUT2D eigenvalue weighted by atomic mass is 32.1. The molecule has 4 heterocycles. The van der Waals surface area contributed by atoms with Crippen molar-refractivity contribution in [3.63, 3.8) is 0 Å². The van der Waals surface area contributed by atoms with Crippen molar-refractivity contribution in [3.8, 4) is 39.9 Å². The number of rotatable bonds is 4. The largest absolute Gasteiger partial charge is 0.456 e. The minimum Gasteiger partial charge on any atom is -0.456 e. The van der Waals surface area contributed by atoms with E-state index in [1.165, 1.54) is 30.9 Å². The SMILES string of the molecule is c1ccc(-c2nc(-c3ccc4c(c3)oc3ccc5c6ccccc6n(-c6ccccc6)c5c34)nc(-c3ccc4sc5ccccc5c4c3)n2)cc1. The van der Waals surface area contributed by atoms with E-state index in [4.69, 9.17) is 19.4 Å². The zero-order valence-corrected chi connectivity index (χ0v) is 27.9. The Hall–Kier alpha value is -6.63. The van der Waals surface area contributed by atoms with E-state index in [-0.39, 0.29) is 0 Å². The molecule has 0 fully saturated rings. The second-order valence-electron chi connectivity index (χ2n) is 12.8. The molecule has 0 aliphatic carbocycles. The van der Waals surface area contributed by atoms with Gasteiger partial charge in [-0.3, -0.25) is 0 Å². The molecule has 5 nitrogen and oxygen atoms in total. The zero-order valence-electron chi connectivity index (χ0n) is 27.1. The fourth-order valence-electron chi connectivity index (χ4n) is 7.52. The Bertz CT molecular complexity index is 3140. The van der Waals surface area contributed by atoms with Gasteiger partial charge in [-0.25, -0.2) is 15.0 Å². The van der Waals surface area contributed by atoms with Gasteiger partial charge in [-0.05, 0) is 66.7 Å². The highest BCUT2D eigenvalue weighted by Crippen LogP contribution is 2.42. The van der Waals surface area contributed by atoms with Crippen LogP contribution < -0.4 is 0 Å². The Morgan fingerprint density at radius 1 is 0.431 bits per heavy atom. The molecule has 0 atom stereocenters. The molecule has 0 aliphatic rings. The van der Waals surface area contributed by atoms with E-state index in [0.29, 0.717) is 17.5 Å². The van der Waals surface area contributed by atoms with Crippen molar-refractivity contribution in [2.45, 2.75) is 0 Å². The monoisotopic (exact) mass is 670 g/mol. The quantitative estimate of drug-likeness (QED) is 0.187. The predicted molar refractivity (Wildman–Crippen MR) is 211 cm³/mol. The summed E-state index contributed by atoms with van der Waals surface area (Å²) < 4.78 is 11.5. The fraction of sp³-hybridized carbons (Fsp3) is 0. The summed E-state index contributed by atoms with van der Waals surface area (Å²) in [5.41, 5.74) is 7.79. The van der Waals surface area contributed by atoms with Crippen LogP contribution in [0.25, 0.3) is 104 Å². The molecule has 0 bridgehead atoms. The minimum absolute atomic E-state index is 0.597. The summed E-state index contributed by atoms with van der Waals surface area (Å²) in [4.78, 5) is 15.1. The van der Waals surface area contributed by atoms with Gasteiger partial charge >= 0.3 is 0 Å². The number of hydrogen-bond donors (Lipinski definition) is 0. The minimum atomic E-state index is 0.597. The van der Waals surface area contributed by atoms with Crippen molar-refractivity contribution in [3.05, 3.63) is 158 Å². The van der Waals surface area contributed by atoms with Crippen molar-refractivity contribution in [2.24, 2.45) is 0 Å². The van der Waals surface area contributed by atoms with Crippen LogP contribution in [-0.4, -0.2) is 19.5 Å². The molecule has 0 aliphatic heterocycles.